The van der Waals surface area contributed by atoms with Crippen LogP contribution in [0.15, 0.2) is 34.3 Å². The number of benzene rings is 1. The zero-order valence-corrected chi connectivity index (χ0v) is 20.3. The number of amides is 1. The molecule has 5 rings (SSSR count). The molecule has 11 heteroatoms. The molecule has 0 bridgehead atoms. The zero-order chi connectivity index (χ0) is 23.2. The van der Waals surface area contributed by atoms with Crippen molar-refractivity contribution in [2.75, 3.05) is 31.9 Å². The average molecular weight is 487 g/mol. The van der Waals surface area contributed by atoms with Gasteiger partial charge < -0.3 is 4.90 Å². The smallest absolute Gasteiger partial charge is 0.243 e. The van der Waals surface area contributed by atoms with Crippen LogP contribution in [0.5, 0.6) is 0 Å². The summed E-state index contributed by atoms with van der Waals surface area (Å²) in [7, 11) is -3.55. The van der Waals surface area contributed by atoms with E-state index in [4.69, 9.17) is 0 Å². The molecule has 1 amide bonds. The minimum atomic E-state index is -3.55. The van der Waals surface area contributed by atoms with Crippen LogP contribution < -0.4 is 0 Å². The second kappa shape index (κ2) is 8.69. The van der Waals surface area contributed by atoms with Crippen LogP contribution in [0.25, 0.3) is 5.65 Å². The van der Waals surface area contributed by atoms with E-state index in [1.54, 1.807) is 11.0 Å². The van der Waals surface area contributed by atoms with Crippen molar-refractivity contribution in [3.05, 3.63) is 46.9 Å². The monoisotopic (exact) mass is 486 g/mol. The van der Waals surface area contributed by atoms with Crippen molar-refractivity contribution in [1.29, 1.82) is 0 Å². The Morgan fingerprint density at radius 3 is 2.58 bits per heavy atom. The SMILES string of the molecule is Cc1cc2nnc(SCC(=O)N3CCN(S(=O)(=O)c4ccc5c(c4)CCC5)CC3)n2c(C)n1. The number of rotatable bonds is 5. The first-order chi connectivity index (χ1) is 15.8. The number of hydrogen-bond acceptors (Lipinski definition) is 7. The highest BCUT2D eigenvalue weighted by Gasteiger charge is 2.31. The first kappa shape index (κ1) is 22.3. The number of hydrogen-bond donors (Lipinski definition) is 0. The Hall–Kier alpha value is -2.50. The average Bonchev–Trinajstić information content (AvgIpc) is 3.43. The second-order valence-corrected chi connectivity index (χ2v) is 11.4. The second-order valence-electron chi connectivity index (χ2n) is 8.48. The van der Waals surface area contributed by atoms with E-state index in [-0.39, 0.29) is 11.7 Å². The summed E-state index contributed by atoms with van der Waals surface area (Å²) in [6, 6.07) is 7.34. The Labute approximate surface area is 197 Å². The highest BCUT2D eigenvalue weighted by atomic mass is 32.2. The number of aryl methyl sites for hydroxylation is 4. The predicted molar refractivity (Wildman–Crippen MR) is 125 cm³/mol. The summed E-state index contributed by atoms with van der Waals surface area (Å²) < 4.78 is 29.6. The summed E-state index contributed by atoms with van der Waals surface area (Å²) in [6.45, 7) is 5.14. The van der Waals surface area contributed by atoms with Crippen LogP contribution >= 0.6 is 11.8 Å². The molecule has 1 aliphatic heterocycles. The van der Waals surface area contributed by atoms with Crippen molar-refractivity contribution >= 4 is 33.3 Å². The molecule has 0 spiro atoms. The van der Waals surface area contributed by atoms with E-state index in [2.05, 4.69) is 15.2 Å². The van der Waals surface area contributed by atoms with Crippen molar-refractivity contribution in [3.8, 4) is 0 Å². The molecule has 0 saturated carbocycles. The Balaban J connectivity index is 1.20. The molecule has 174 valence electrons. The molecule has 1 fully saturated rings. The maximum absolute atomic E-state index is 13.1. The Morgan fingerprint density at radius 1 is 1.03 bits per heavy atom. The molecule has 9 nitrogen and oxygen atoms in total. The van der Waals surface area contributed by atoms with Gasteiger partial charge in [0.1, 0.15) is 5.82 Å². The zero-order valence-electron chi connectivity index (χ0n) is 18.7. The lowest BCUT2D eigenvalue weighted by molar-refractivity contribution is -0.129. The van der Waals surface area contributed by atoms with Gasteiger partial charge in [-0.3, -0.25) is 9.20 Å². The molecule has 3 heterocycles. The molecule has 0 atom stereocenters. The molecule has 1 aliphatic carbocycles. The number of fused-ring (bicyclic) bond motifs is 2. The van der Waals surface area contributed by atoms with Gasteiger partial charge in [-0.15, -0.1) is 10.2 Å². The molecule has 2 aliphatic rings. The van der Waals surface area contributed by atoms with Crippen molar-refractivity contribution < 1.29 is 13.2 Å². The van der Waals surface area contributed by atoms with Crippen molar-refractivity contribution in [1.82, 2.24) is 28.8 Å². The molecule has 3 aromatic rings. The summed E-state index contributed by atoms with van der Waals surface area (Å²) in [5, 5.41) is 8.99. The molecule has 0 N–H and O–H groups in total. The van der Waals surface area contributed by atoms with E-state index < -0.39 is 10.0 Å². The Kier molecular flexibility index (Phi) is 5.87. The summed E-state index contributed by atoms with van der Waals surface area (Å²) in [5.74, 6) is 0.950. The van der Waals surface area contributed by atoms with E-state index in [0.717, 1.165) is 36.3 Å². The first-order valence-corrected chi connectivity index (χ1v) is 13.5. The summed E-state index contributed by atoms with van der Waals surface area (Å²) in [4.78, 5) is 19.3. The lowest BCUT2D eigenvalue weighted by atomic mass is 10.1. The van der Waals surface area contributed by atoms with Crippen LogP contribution in [0.4, 0.5) is 0 Å². The quantitative estimate of drug-likeness (QED) is 0.508. The first-order valence-electron chi connectivity index (χ1n) is 11.0. The summed E-state index contributed by atoms with van der Waals surface area (Å²) >= 11 is 1.32. The molecule has 1 saturated heterocycles. The number of nitrogens with zero attached hydrogens (tertiary/aromatic N) is 6. The van der Waals surface area contributed by atoms with Gasteiger partial charge in [0.25, 0.3) is 0 Å². The third-order valence-electron chi connectivity index (χ3n) is 6.28. The standard InChI is InChI=1S/C22H26N6O3S2/c1-15-12-20-24-25-22(28(20)16(2)23-15)32-14-21(29)26-8-10-27(11-9-26)33(30,31)19-7-6-17-4-3-5-18(17)13-19/h6-7,12-13H,3-5,8-11,14H2,1-2H3. The fourth-order valence-electron chi connectivity index (χ4n) is 4.55. The lowest BCUT2D eigenvalue weighted by Crippen LogP contribution is -2.51. The topological polar surface area (TPSA) is 101 Å². The minimum absolute atomic E-state index is 0.0379. The van der Waals surface area contributed by atoms with E-state index in [1.807, 2.05) is 36.4 Å². The molecule has 33 heavy (non-hydrogen) atoms. The fraction of sp³-hybridized carbons (Fsp3) is 0.455. The maximum Gasteiger partial charge on any atom is 0.243 e. The fourth-order valence-corrected chi connectivity index (χ4v) is 6.91. The van der Waals surface area contributed by atoms with Crippen LogP contribution in [0, 0.1) is 13.8 Å². The highest BCUT2D eigenvalue weighted by Crippen LogP contribution is 2.27. The number of carbonyl (C=O) groups is 1. The van der Waals surface area contributed by atoms with Gasteiger partial charge in [-0.05, 0) is 56.4 Å². The normalized spacial score (nSPS) is 17.0. The van der Waals surface area contributed by atoms with Gasteiger partial charge in [-0.25, -0.2) is 13.4 Å². The minimum Gasteiger partial charge on any atom is -0.339 e. The number of sulfonamides is 1. The van der Waals surface area contributed by atoms with Crippen molar-refractivity contribution in [2.24, 2.45) is 0 Å². The van der Waals surface area contributed by atoms with Crippen LogP contribution in [-0.2, 0) is 27.7 Å². The highest BCUT2D eigenvalue weighted by molar-refractivity contribution is 7.99. The summed E-state index contributed by atoms with van der Waals surface area (Å²) in [5.41, 5.74) is 3.97. The number of thioether (sulfide) groups is 1. The van der Waals surface area contributed by atoms with Crippen LogP contribution in [0.1, 0.15) is 29.1 Å². The molecule has 2 aromatic heterocycles. The number of carbonyl (C=O) groups excluding carboxylic acids is 1. The van der Waals surface area contributed by atoms with Crippen LogP contribution in [0.3, 0.4) is 0 Å². The summed E-state index contributed by atoms with van der Waals surface area (Å²) in [6.07, 6.45) is 3.04. The molecular weight excluding hydrogens is 460 g/mol. The van der Waals surface area contributed by atoms with Gasteiger partial charge in [0.2, 0.25) is 15.9 Å². The largest absolute Gasteiger partial charge is 0.339 e. The van der Waals surface area contributed by atoms with Gasteiger partial charge in [-0.2, -0.15) is 4.31 Å². The van der Waals surface area contributed by atoms with E-state index in [1.165, 1.54) is 21.6 Å². The third-order valence-corrected chi connectivity index (χ3v) is 9.09. The van der Waals surface area contributed by atoms with Crippen molar-refractivity contribution in [3.63, 3.8) is 0 Å². The van der Waals surface area contributed by atoms with Crippen molar-refractivity contribution in [2.45, 2.75) is 43.2 Å². The number of piperazine rings is 1. The van der Waals surface area contributed by atoms with Gasteiger partial charge in [-0.1, -0.05) is 17.8 Å². The predicted octanol–water partition coefficient (Wildman–Crippen LogP) is 1.86. The van der Waals surface area contributed by atoms with E-state index in [0.29, 0.717) is 41.9 Å². The van der Waals surface area contributed by atoms with E-state index >= 15 is 0 Å². The number of aromatic nitrogens is 4. The van der Waals surface area contributed by atoms with Crippen LogP contribution in [-0.4, -0.2) is 75.0 Å². The van der Waals surface area contributed by atoms with Gasteiger partial charge in [0.05, 0.1) is 10.6 Å². The van der Waals surface area contributed by atoms with Gasteiger partial charge >= 0.3 is 0 Å². The van der Waals surface area contributed by atoms with Gasteiger partial charge in [0.15, 0.2) is 10.8 Å². The Bertz CT molecular complexity index is 1330. The molecular formula is C22H26N6O3S2. The van der Waals surface area contributed by atoms with Crippen LogP contribution in [0.2, 0.25) is 0 Å². The molecule has 0 unspecified atom stereocenters. The maximum atomic E-state index is 13.1. The molecule has 0 radical (unpaired) electrons. The van der Waals surface area contributed by atoms with Gasteiger partial charge in [0, 0.05) is 37.9 Å². The third kappa shape index (κ3) is 4.24. The lowest BCUT2D eigenvalue weighted by Gasteiger charge is -2.34. The molecule has 1 aromatic carbocycles. The van der Waals surface area contributed by atoms with E-state index in [9.17, 15) is 13.2 Å². The Morgan fingerprint density at radius 2 is 1.79 bits per heavy atom.